The number of rotatable bonds is 5. The molecule has 5 heteroatoms. The van der Waals surface area contributed by atoms with Gasteiger partial charge in [-0.1, -0.05) is 79.2 Å². The molecule has 27 heavy (non-hydrogen) atoms. The van der Waals surface area contributed by atoms with Gasteiger partial charge in [-0.05, 0) is 19.8 Å². The van der Waals surface area contributed by atoms with Crippen molar-refractivity contribution in [3.05, 3.63) is 54.6 Å². The second-order valence-electron chi connectivity index (χ2n) is 7.02. The summed E-state index contributed by atoms with van der Waals surface area (Å²) in [6.45, 7) is 1.94. The Kier molecular flexibility index (Phi) is 5.39. The Morgan fingerprint density at radius 2 is 1.67 bits per heavy atom. The number of carbonyl (C=O) groups is 1. The van der Waals surface area contributed by atoms with Crippen molar-refractivity contribution in [2.45, 2.75) is 48.9 Å². The molecule has 1 heterocycles. The minimum Gasteiger partial charge on any atom is -0.352 e. The quantitative estimate of drug-likeness (QED) is 0.647. The molecule has 2 aromatic carbocycles. The van der Waals surface area contributed by atoms with Crippen molar-refractivity contribution < 1.29 is 4.79 Å². The van der Waals surface area contributed by atoms with Gasteiger partial charge in [0.1, 0.15) is 10.7 Å². The minimum absolute atomic E-state index is 0.0879. The molecule has 1 N–H and O–H groups in total. The fourth-order valence-electron chi connectivity index (χ4n) is 3.59. The van der Waals surface area contributed by atoms with E-state index in [-0.39, 0.29) is 11.2 Å². The van der Waals surface area contributed by atoms with Crippen LogP contribution in [0.5, 0.6) is 0 Å². The van der Waals surface area contributed by atoms with Crippen LogP contribution in [0.4, 0.5) is 0 Å². The Morgan fingerprint density at radius 1 is 1.00 bits per heavy atom. The van der Waals surface area contributed by atoms with Crippen LogP contribution in [0.1, 0.15) is 32.6 Å². The molecule has 0 unspecified atom stereocenters. The maximum atomic E-state index is 12.5. The third-order valence-electron chi connectivity index (χ3n) is 5.06. The maximum Gasteiger partial charge on any atom is 0.233 e. The molecule has 1 aromatic heterocycles. The molecule has 0 bridgehead atoms. The molecule has 4 rings (SSSR count). The zero-order valence-electron chi connectivity index (χ0n) is 15.4. The summed E-state index contributed by atoms with van der Waals surface area (Å²) < 4.78 is 0. The van der Waals surface area contributed by atoms with Gasteiger partial charge in [0.15, 0.2) is 0 Å². The van der Waals surface area contributed by atoms with Crippen LogP contribution in [-0.2, 0) is 4.79 Å². The van der Waals surface area contributed by atoms with Gasteiger partial charge in [0.25, 0.3) is 0 Å². The summed E-state index contributed by atoms with van der Waals surface area (Å²) in [5.41, 5.74) is 1.92. The highest BCUT2D eigenvalue weighted by atomic mass is 32.2. The SMILES string of the molecule is C[C@H](Sc1nnc(-c2ccccc2)c2ccccc12)C(=O)NC1CCCC1. The van der Waals surface area contributed by atoms with Crippen molar-refractivity contribution in [3.63, 3.8) is 0 Å². The molecule has 3 aromatic rings. The monoisotopic (exact) mass is 377 g/mol. The van der Waals surface area contributed by atoms with E-state index in [1.807, 2.05) is 49.4 Å². The summed E-state index contributed by atoms with van der Waals surface area (Å²) in [6.07, 6.45) is 4.61. The highest BCUT2D eigenvalue weighted by Gasteiger charge is 2.22. The first-order chi connectivity index (χ1) is 13.2. The third kappa shape index (κ3) is 3.98. The van der Waals surface area contributed by atoms with Gasteiger partial charge in [0.2, 0.25) is 5.91 Å². The van der Waals surface area contributed by atoms with Gasteiger partial charge in [-0.25, -0.2) is 0 Å². The van der Waals surface area contributed by atoms with Crippen molar-refractivity contribution >= 4 is 28.4 Å². The lowest BCUT2D eigenvalue weighted by atomic mass is 10.1. The first kappa shape index (κ1) is 18.0. The summed E-state index contributed by atoms with van der Waals surface area (Å²) in [4.78, 5) is 12.5. The van der Waals surface area contributed by atoms with Gasteiger partial charge < -0.3 is 5.32 Å². The number of thioether (sulfide) groups is 1. The van der Waals surface area contributed by atoms with Crippen LogP contribution in [0.25, 0.3) is 22.0 Å². The number of hydrogen-bond acceptors (Lipinski definition) is 4. The summed E-state index contributed by atoms with van der Waals surface area (Å²) >= 11 is 1.48. The maximum absolute atomic E-state index is 12.5. The van der Waals surface area contributed by atoms with E-state index >= 15 is 0 Å². The molecule has 0 aliphatic heterocycles. The number of aromatic nitrogens is 2. The number of nitrogens with zero attached hydrogens (tertiary/aromatic N) is 2. The van der Waals surface area contributed by atoms with Crippen molar-refractivity contribution in [2.24, 2.45) is 0 Å². The lowest BCUT2D eigenvalue weighted by Crippen LogP contribution is -2.37. The molecule has 0 spiro atoms. The first-order valence-electron chi connectivity index (χ1n) is 9.50. The molecule has 1 atom stereocenters. The Hall–Kier alpha value is -2.40. The van der Waals surface area contributed by atoms with Gasteiger partial charge in [0, 0.05) is 22.4 Å². The summed E-state index contributed by atoms with van der Waals surface area (Å²) in [6, 6.07) is 18.6. The van der Waals surface area contributed by atoms with E-state index in [1.54, 1.807) is 0 Å². The van der Waals surface area contributed by atoms with Crippen LogP contribution in [0.15, 0.2) is 59.6 Å². The third-order valence-corrected chi connectivity index (χ3v) is 6.15. The van der Waals surface area contributed by atoms with Crippen LogP contribution in [-0.4, -0.2) is 27.4 Å². The van der Waals surface area contributed by atoms with E-state index < -0.39 is 0 Å². The van der Waals surface area contributed by atoms with Gasteiger partial charge >= 0.3 is 0 Å². The summed E-state index contributed by atoms with van der Waals surface area (Å²) in [5.74, 6) is 0.0879. The smallest absolute Gasteiger partial charge is 0.233 e. The zero-order valence-corrected chi connectivity index (χ0v) is 16.2. The molecule has 4 nitrogen and oxygen atoms in total. The average molecular weight is 378 g/mol. The lowest BCUT2D eigenvalue weighted by molar-refractivity contribution is -0.120. The Bertz CT molecular complexity index is 939. The molecule has 1 fully saturated rings. The van der Waals surface area contributed by atoms with Crippen molar-refractivity contribution in [2.75, 3.05) is 0 Å². The lowest BCUT2D eigenvalue weighted by Gasteiger charge is -2.17. The predicted molar refractivity (Wildman–Crippen MR) is 111 cm³/mol. The van der Waals surface area contributed by atoms with Gasteiger partial charge in [-0.2, -0.15) is 0 Å². The van der Waals surface area contributed by atoms with E-state index in [4.69, 9.17) is 0 Å². The normalized spacial score (nSPS) is 15.7. The molecular weight excluding hydrogens is 354 g/mol. The highest BCUT2D eigenvalue weighted by Crippen LogP contribution is 2.33. The molecule has 138 valence electrons. The van der Waals surface area contributed by atoms with Gasteiger partial charge in [-0.3, -0.25) is 4.79 Å². The van der Waals surface area contributed by atoms with Crippen LogP contribution in [0.2, 0.25) is 0 Å². The van der Waals surface area contributed by atoms with Crippen LogP contribution < -0.4 is 5.32 Å². The number of carbonyl (C=O) groups excluding carboxylic acids is 1. The van der Waals surface area contributed by atoms with Crippen LogP contribution >= 0.6 is 11.8 Å². The number of nitrogens with one attached hydrogen (secondary N) is 1. The van der Waals surface area contributed by atoms with Crippen molar-refractivity contribution in [1.82, 2.24) is 15.5 Å². The second kappa shape index (κ2) is 8.09. The number of fused-ring (bicyclic) bond motifs is 1. The van der Waals surface area contributed by atoms with Crippen molar-refractivity contribution in [3.8, 4) is 11.3 Å². The topological polar surface area (TPSA) is 54.9 Å². The first-order valence-corrected chi connectivity index (χ1v) is 10.4. The van der Waals surface area contributed by atoms with Gasteiger partial charge in [0.05, 0.1) is 5.25 Å². The molecule has 1 aliphatic carbocycles. The van der Waals surface area contributed by atoms with Crippen LogP contribution in [0.3, 0.4) is 0 Å². The Balaban J connectivity index is 1.60. The zero-order chi connectivity index (χ0) is 18.6. The van der Waals surface area contributed by atoms with E-state index in [2.05, 4.69) is 27.6 Å². The van der Waals surface area contributed by atoms with Gasteiger partial charge in [-0.15, -0.1) is 10.2 Å². The molecule has 0 radical (unpaired) electrons. The predicted octanol–water partition coefficient (Wildman–Crippen LogP) is 4.84. The summed E-state index contributed by atoms with van der Waals surface area (Å²) in [5, 5.41) is 14.8. The van der Waals surface area contributed by atoms with E-state index in [0.29, 0.717) is 6.04 Å². The standard InChI is InChI=1S/C22H23N3OS/c1-15(21(26)23-17-11-5-6-12-17)27-22-19-14-8-7-13-18(19)20(24-25-22)16-9-3-2-4-10-16/h2-4,7-10,13-15,17H,5-6,11-12H2,1H3,(H,23,26)/t15-/m0/s1. The Morgan fingerprint density at radius 3 is 2.41 bits per heavy atom. The fraction of sp³-hybridized carbons (Fsp3) is 0.318. The van der Waals surface area contributed by atoms with Crippen molar-refractivity contribution in [1.29, 1.82) is 0 Å². The second-order valence-corrected chi connectivity index (χ2v) is 8.34. The highest BCUT2D eigenvalue weighted by molar-refractivity contribution is 8.00. The number of benzene rings is 2. The van der Waals surface area contributed by atoms with E-state index in [0.717, 1.165) is 39.9 Å². The largest absolute Gasteiger partial charge is 0.352 e. The minimum atomic E-state index is -0.203. The van der Waals surface area contributed by atoms with E-state index in [1.165, 1.54) is 24.6 Å². The average Bonchev–Trinajstić information content (AvgIpc) is 3.22. The molecular formula is C22H23N3OS. The molecule has 1 saturated carbocycles. The molecule has 1 amide bonds. The molecule has 0 saturated heterocycles. The fourth-order valence-corrected chi connectivity index (χ4v) is 4.49. The number of amides is 1. The van der Waals surface area contributed by atoms with E-state index in [9.17, 15) is 4.79 Å². The summed E-state index contributed by atoms with van der Waals surface area (Å²) in [7, 11) is 0. The number of hydrogen-bond donors (Lipinski definition) is 1. The molecule has 1 aliphatic rings. The van der Waals surface area contributed by atoms with Crippen LogP contribution in [0, 0.1) is 0 Å². The Labute approximate surface area is 163 Å².